The molecule has 0 fully saturated rings. The van der Waals surface area contributed by atoms with Gasteiger partial charge in [0.15, 0.2) is 0 Å². The molecule has 0 saturated heterocycles. The molecular weight excluding hydrogens is 400 g/mol. The predicted molar refractivity (Wildman–Crippen MR) is 118 cm³/mol. The quantitative estimate of drug-likeness (QED) is 0.436. The summed E-state index contributed by atoms with van der Waals surface area (Å²) in [4.78, 5) is 31.4. The summed E-state index contributed by atoms with van der Waals surface area (Å²) in [6.45, 7) is 1.90. The van der Waals surface area contributed by atoms with Gasteiger partial charge in [-0.05, 0) is 48.0 Å². The number of hydrogen-bond donors (Lipinski definition) is 3. The number of amides is 2. The standard InChI is InChI=1S/C23H19ClN4O2/c1-14(29)25-13-15-6-8-16(9-7-15)23(30)26-17-10-11-20-21(12-17)28-22(27-20)18-4-2-3-5-19(18)24/h2-12H,13H2,1H3,(H,25,29)(H,26,30)(H,27,28). The van der Waals surface area contributed by atoms with E-state index in [9.17, 15) is 9.59 Å². The van der Waals surface area contributed by atoms with Crippen LogP contribution in [0.3, 0.4) is 0 Å². The van der Waals surface area contributed by atoms with Gasteiger partial charge in [-0.15, -0.1) is 0 Å². The number of H-pyrrole nitrogens is 1. The molecule has 3 aromatic carbocycles. The van der Waals surface area contributed by atoms with Gasteiger partial charge in [0.25, 0.3) is 5.91 Å². The maximum atomic E-state index is 12.6. The lowest BCUT2D eigenvalue weighted by molar-refractivity contribution is -0.119. The van der Waals surface area contributed by atoms with Crippen molar-refractivity contribution in [1.82, 2.24) is 15.3 Å². The number of halogens is 1. The number of nitrogens with one attached hydrogen (secondary N) is 3. The third kappa shape index (κ3) is 4.34. The Balaban J connectivity index is 1.50. The monoisotopic (exact) mass is 418 g/mol. The maximum absolute atomic E-state index is 12.6. The first kappa shape index (κ1) is 19.7. The first-order valence-corrected chi connectivity index (χ1v) is 9.77. The van der Waals surface area contributed by atoms with Crippen molar-refractivity contribution in [1.29, 1.82) is 0 Å². The van der Waals surface area contributed by atoms with Gasteiger partial charge in [0.1, 0.15) is 5.82 Å². The normalized spacial score (nSPS) is 10.7. The third-order valence-corrected chi connectivity index (χ3v) is 4.96. The Labute approximate surface area is 178 Å². The van der Waals surface area contributed by atoms with Crippen LogP contribution in [-0.2, 0) is 11.3 Å². The number of aromatic amines is 1. The van der Waals surface area contributed by atoms with E-state index in [1.54, 1.807) is 12.1 Å². The Morgan fingerprint density at radius 1 is 1.03 bits per heavy atom. The van der Waals surface area contributed by atoms with E-state index in [1.165, 1.54) is 6.92 Å². The number of imidazole rings is 1. The van der Waals surface area contributed by atoms with Crippen LogP contribution in [0.1, 0.15) is 22.8 Å². The number of benzene rings is 3. The number of hydrogen-bond acceptors (Lipinski definition) is 3. The van der Waals surface area contributed by atoms with Gasteiger partial charge in [-0.3, -0.25) is 9.59 Å². The summed E-state index contributed by atoms with van der Waals surface area (Å²) in [6.07, 6.45) is 0. The van der Waals surface area contributed by atoms with E-state index in [1.807, 2.05) is 54.6 Å². The first-order chi connectivity index (χ1) is 14.5. The lowest BCUT2D eigenvalue weighted by Gasteiger charge is -2.07. The summed E-state index contributed by atoms with van der Waals surface area (Å²) in [7, 11) is 0. The average molecular weight is 419 g/mol. The van der Waals surface area contributed by atoms with Crippen molar-refractivity contribution < 1.29 is 9.59 Å². The molecular formula is C23H19ClN4O2. The zero-order chi connectivity index (χ0) is 21.1. The molecule has 0 radical (unpaired) electrons. The van der Waals surface area contributed by atoms with E-state index in [2.05, 4.69) is 20.6 Å². The van der Waals surface area contributed by atoms with Crippen LogP contribution in [0.4, 0.5) is 5.69 Å². The van der Waals surface area contributed by atoms with Gasteiger partial charge in [-0.2, -0.15) is 0 Å². The van der Waals surface area contributed by atoms with Crippen LogP contribution in [0.25, 0.3) is 22.4 Å². The largest absolute Gasteiger partial charge is 0.352 e. The highest BCUT2D eigenvalue weighted by Gasteiger charge is 2.11. The second kappa shape index (κ2) is 8.39. The maximum Gasteiger partial charge on any atom is 0.255 e. The topological polar surface area (TPSA) is 86.9 Å². The van der Waals surface area contributed by atoms with Gasteiger partial charge in [0.05, 0.1) is 16.1 Å². The van der Waals surface area contributed by atoms with Crippen molar-refractivity contribution in [2.24, 2.45) is 0 Å². The van der Waals surface area contributed by atoms with E-state index < -0.39 is 0 Å². The van der Waals surface area contributed by atoms with E-state index in [4.69, 9.17) is 11.6 Å². The Morgan fingerprint density at radius 2 is 1.80 bits per heavy atom. The van der Waals surface area contributed by atoms with Gasteiger partial charge in [-0.1, -0.05) is 35.9 Å². The molecule has 0 atom stereocenters. The molecule has 0 aliphatic heterocycles. The summed E-state index contributed by atoms with van der Waals surface area (Å²) in [6, 6.07) is 20.1. The minimum atomic E-state index is -0.216. The van der Waals surface area contributed by atoms with Crippen LogP contribution in [0.5, 0.6) is 0 Å². The van der Waals surface area contributed by atoms with E-state index in [-0.39, 0.29) is 11.8 Å². The highest BCUT2D eigenvalue weighted by molar-refractivity contribution is 6.33. The summed E-state index contributed by atoms with van der Waals surface area (Å²) in [5.74, 6) is 0.365. The van der Waals surface area contributed by atoms with Gasteiger partial charge < -0.3 is 15.6 Å². The Kier molecular flexibility index (Phi) is 5.50. The minimum absolute atomic E-state index is 0.0938. The lowest BCUT2D eigenvalue weighted by atomic mass is 10.1. The molecule has 6 nitrogen and oxygen atoms in total. The fourth-order valence-corrected chi connectivity index (χ4v) is 3.30. The number of carbonyl (C=O) groups is 2. The molecule has 1 aromatic heterocycles. The van der Waals surface area contributed by atoms with Crippen molar-refractivity contribution in [2.75, 3.05) is 5.32 Å². The van der Waals surface area contributed by atoms with Crippen LogP contribution >= 0.6 is 11.6 Å². The summed E-state index contributed by atoms with van der Waals surface area (Å²) >= 11 is 6.26. The molecule has 0 aliphatic carbocycles. The molecule has 0 spiro atoms. The lowest BCUT2D eigenvalue weighted by Crippen LogP contribution is -2.19. The molecule has 0 unspecified atom stereocenters. The summed E-state index contributed by atoms with van der Waals surface area (Å²) < 4.78 is 0. The molecule has 0 saturated carbocycles. The highest BCUT2D eigenvalue weighted by Crippen LogP contribution is 2.28. The van der Waals surface area contributed by atoms with Crippen molar-refractivity contribution in [2.45, 2.75) is 13.5 Å². The molecule has 4 rings (SSSR count). The van der Waals surface area contributed by atoms with Gasteiger partial charge in [0, 0.05) is 30.3 Å². The van der Waals surface area contributed by atoms with Crippen molar-refractivity contribution >= 4 is 40.1 Å². The number of nitrogens with zero attached hydrogens (tertiary/aromatic N) is 1. The average Bonchev–Trinajstić information content (AvgIpc) is 3.16. The zero-order valence-corrected chi connectivity index (χ0v) is 17.0. The molecule has 150 valence electrons. The van der Waals surface area contributed by atoms with Crippen molar-refractivity contribution in [3.8, 4) is 11.4 Å². The summed E-state index contributed by atoms with van der Waals surface area (Å²) in [5.41, 5.74) is 4.51. The highest BCUT2D eigenvalue weighted by atomic mass is 35.5. The van der Waals surface area contributed by atoms with Crippen LogP contribution in [0, 0.1) is 0 Å². The van der Waals surface area contributed by atoms with E-state index in [0.717, 1.165) is 22.2 Å². The Bertz CT molecular complexity index is 1230. The molecule has 3 N–H and O–H groups in total. The molecule has 4 aromatic rings. The molecule has 30 heavy (non-hydrogen) atoms. The predicted octanol–water partition coefficient (Wildman–Crippen LogP) is 4.77. The van der Waals surface area contributed by atoms with Crippen LogP contribution in [0.2, 0.25) is 5.02 Å². The van der Waals surface area contributed by atoms with Crippen LogP contribution in [0.15, 0.2) is 66.7 Å². The fourth-order valence-electron chi connectivity index (χ4n) is 3.07. The number of aromatic nitrogens is 2. The van der Waals surface area contributed by atoms with Gasteiger partial charge >= 0.3 is 0 Å². The van der Waals surface area contributed by atoms with Crippen LogP contribution in [-0.4, -0.2) is 21.8 Å². The van der Waals surface area contributed by atoms with Gasteiger partial charge in [0.2, 0.25) is 5.91 Å². The van der Waals surface area contributed by atoms with E-state index >= 15 is 0 Å². The number of anilines is 1. The third-order valence-electron chi connectivity index (χ3n) is 4.63. The second-order valence-electron chi connectivity index (χ2n) is 6.86. The van der Waals surface area contributed by atoms with Crippen molar-refractivity contribution in [3.05, 3.63) is 82.9 Å². The number of fused-ring (bicyclic) bond motifs is 1. The van der Waals surface area contributed by atoms with Crippen LogP contribution < -0.4 is 10.6 Å². The van der Waals surface area contributed by atoms with Gasteiger partial charge in [-0.25, -0.2) is 4.98 Å². The van der Waals surface area contributed by atoms with E-state index in [0.29, 0.717) is 28.6 Å². The fraction of sp³-hybridized carbons (Fsp3) is 0.0870. The first-order valence-electron chi connectivity index (χ1n) is 9.39. The number of carbonyl (C=O) groups excluding carboxylic acids is 2. The molecule has 0 bridgehead atoms. The second-order valence-corrected chi connectivity index (χ2v) is 7.27. The Morgan fingerprint density at radius 3 is 2.53 bits per heavy atom. The van der Waals surface area contributed by atoms with Crippen molar-refractivity contribution in [3.63, 3.8) is 0 Å². The zero-order valence-electron chi connectivity index (χ0n) is 16.2. The molecule has 0 aliphatic rings. The Hall–Kier alpha value is -3.64. The molecule has 2 amide bonds. The smallest absolute Gasteiger partial charge is 0.255 e. The molecule has 1 heterocycles. The molecule has 7 heteroatoms. The number of rotatable bonds is 5. The summed E-state index contributed by atoms with van der Waals surface area (Å²) in [5, 5.41) is 6.24. The SMILES string of the molecule is CC(=O)NCc1ccc(C(=O)Nc2ccc3nc(-c4ccccc4Cl)[nH]c3c2)cc1. The minimum Gasteiger partial charge on any atom is -0.352 e.